The Morgan fingerprint density at radius 3 is 2.47 bits per heavy atom. The fraction of sp³-hybridized carbons (Fsp3) is 0.625. The summed E-state index contributed by atoms with van der Waals surface area (Å²) < 4.78 is 4.57. The molecule has 0 saturated carbocycles. The third-order valence-corrected chi connectivity index (χ3v) is 1.47. The van der Waals surface area contributed by atoms with Crippen molar-refractivity contribution in [2.24, 2.45) is 11.5 Å². The summed E-state index contributed by atoms with van der Waals surface area (Å²) in [6, 6.07) is -1.03. The first-order valence-electron chi connectivity index (χ1n) is 4.44. The van der Waals surface area contributed by atoms with Crippen LogP contribution in [-0.4, -0.2) is 37.0 Å². The lowest BCUT2D eigenvalue weighted by Crippen LogP contribution is -2.44. The van der Waals surface area contributed by atoms with Gasteiger partial charge in [-0.3, -0.25) is 14.4 Å². The fourth-order valence-corrected chi connectivity index (χ4v) is 0.812. The molecule has 0 aliphatic heterocycles. The molecule has 0 rings (SSSR count). The number of nitrogens with one attached hydrogen (secondary N) is 1. The van der Waals surface area contributed by atoms with Crippen LogP contribution in [0.25, 0.3) is 0 Å². The zero-order valence-corrected chi connectivity index (χ0v) is 8.49. The summed E-state index contributed by atoms with van der Waals surface area (Å²) in [5, 5.41) is 2.23. The molecule has 86 valence electrons. The van der Waals surface area contributed by atoms with Crippen molar-refractivity contribution in [2.75, 3.05) is 13.2 Å². The van der Waals surface area contributed by atoms with Gasteiger partial charge < -0.3 is 21.5 Å². The van der Waals surface area contributed by atoms with E-state index in [1.807, 2.05) is 0 Å². The minimum absolute atomic E-state index is 0.238. The van der Waals surface area contributed by atoms with Gasteiger partial charge in [0.1, 0.15) is 6.54 Å². The van der Waals surface area contributed by atoms with Gasteiger partial charge in [-0.15, -0.1) is 0 Å². The van der Waals surface area contributed by atoms with E-state index in [0.717, 1.165) is 0 Å². The zero-order chi connectivity index (χ0) is 11.8. The van der Waals surface area contributed by atoms with Crippen LogP contribution in [0.5, 0.6) is 0 Å². The van der Waals surface area contributed by atoms with E-state index in [9.17, 15) is 14.4 Å². The summed E-state index contributed by atoms with van der Waals surface area (Å²) >= 11 is 0. The molecule has 0 bridgehead atoms. The number of esters is 1. The van der Waals surface area contributed by atoms with E-state index in [1.54, 1.807) is 6.92 Å². The third kappa shape index (κ3) is 6.44. The Labute approximate surface area is 87.1 Å². The molecule has 0 aromatic rings. The largest absolute Gasteiger partial charge is 0.465 e. The molecular formula is C8H15N3O4. The van der Waals surface area contributed by atoms with Gasteiger partial charge in [0, 0.05) is 0 Å². The monoisotopic (exact) mass is 217 g/mol. The predicted octanol–water partition coefficient (Wildman–Crippen LogP) is -2.13. The Hall–Kier alpha value is -1.63. The Morgan fingerprint density at radius 2 is 2.00 bits per heavy atom. The third-order valence-electron chi connectivity index (χ3n) is 1.47. The van der Waals surface area contributed by atoms with Crippen LogP contribution in [0.4, 0.5) is 0 Å². The van der Waals surface area contributed by atoms with E-state index in [0.29, 0.717) is 0 Å². The highest BCUT2D eigenvalue weighted by Gasteiger charge is 2.16. The maximum atomic E-state index is 11.1. The van der Waals surface area contributed by atoms with Gasteiger partial charge in [0.2, 0.25) is 11.8 Å². The second-order valence-electron chi connectivity index (χ2n) is 2.80. The topological polar surface area (TPSA) is 125 Å². The Balaban J connectivity index is 3.82. The zero-order valence-electron chi connectivity index (χ0n) is 8.49. The van der Waals surface area contributed by atoms with E-state index in [2.05, 4.69) is 10.1 Å². The molecule has 0 saturated heterocycles. The van der Waals surface area contributed by atoms with E-state index in [1.165, 1.54) is 0 Å². The smallest absolute Gasteiger partial charge is 0.325 e. The highest BCUT2D eigenvalue weighted by Crippen LogP contribution is 1.86. The van der Waals surface area contributed by atoms with Crippen molar-refractivity contribution in [3.05, 3.63) is 0 Å². The maximum Gasteiger partial charge on any atom is 0.325 e. The number of carbonyl (C=O) groups is 3. The molecule has 0 fully saturated rings. The van der Waals surface area contributed by atoms with E-state index >= 15 is 0 Å². The predicted molar refractivity (Wildman–Crippen MR) is 51.4 cm³/mol. The molecule has 7 heteroatoms. The number of ether oxygens (including phenoxy) is 1. The van der Waals surface area contributed by atoms with Gasteiger partial charge in [-0.1, -0.05) is 0 Å². The van der Waals surface area contributed by atoms with Crippen LogP contribution < -0.4 is 16.8 Å². The summed E-state index contributed by atoms with van der Waals surface area (Å²) in [7, 11) is 0. The quantitative estimate of drug-likeness (QED) is 0.438. The number of primary amides is 1. The number of amides is 2. The molecule has 0 aliphatic carbocycles. The second-order valence-corrected chi connectivity index (χ2v) is 2.80. The number of rotatable bonds is 6. The molecule has 5 N–H and O–H groups in total. The summed E-state index contributed by atoms with van der Waals surface area (Å²) in [5.41, 5.74) is 10.2. The van der Waals surface area contributed by atoms with E-state index in [-0.39, 0.29) is 19.6 Å². The second kappa shape index (κ2) is 6.77. The minimum atomic E-state index is -1.03. The van der Waals surface area contributed by atoms with Gasteiger partial charge in [0.25, 0.3) is 0 Å². The molecule has 0 aliphatic rings. The van der Waals surface area contributed by atoms with Gasteiger partial charge >= 0.3 is 5.97 Å². The van der Waals surface area contributed by atoms with Gasteiger partial charge in [-0.05, 0) is 6.92 Å². The number of carbonyl (C=O) groups excluding carboxylic acids is 3. The van der Waals surface area contributed by atoms with Gasteiger partial charge in [-0.2, -0.15) is 0 Å². The molecule has 7 nitrogen and oxygen atoms in total. The first-order valence-corrected chi connectivity index (χ1v) is 4.44. The van der Waals surface area contributed by atoms with Crippen LogP contribution in [0.1, 0.15) is 13.3 Å². The van der Waals surface area contributed by atoms with E-state index in [4.69, 9.17) is 11.5 Å². The minimum Gasteiger partial charge on any atom is -0.465 e. The Bertz CT molecular complexity index is 254. The van der Waals surface area contributed by atoms with Crippen molar-refractivity contribution in [3.8, 4) is 0 Å². The average Bonchev–Trinajstić information content (AvgIpc) is 2.13. The molecule has 0 unspecified atom stereocenters. The lowest BCUT2D eigenvalue weighted by molar-refractivity contribution is -0.143. The molecule has 0 aromatic carbocycles. The number of nitrogens with two attached hydrogens (primary N) is 2. The summed E-state index contributed by atoms with van der Waals surface area (Å²) in [6.07, 6.45) is -0.255. The standard InChI is InChI=1S/C8H15N3O4/c1-2-15-7(13)4-11-8(14)5(9)3-6(10)12/h5H,2-4,9H2,1H3,(H2,10,12)(H,11,14)/t5-/m0/s1. The average molecular weight is 217 g/mol. The summed E-state index contributed by atoms with van der Waals surface area (Å²) in [6.45, 7) is 1.62. The van der Waals surface area contributed by atoms with Crippen LogP contribution in [-0.2, 0) is 19.1 Å². The van der Waals surface area contributed by atoms with Crippen LogP contribution in [0.3, 0.4) is 0 Å². The SMILES string of the molecule is CCOC(=O)CNC(=O)[C@@H](N)CC(N)=O. The molecular weight excluding hydrogens is 202 g/mol. The van der Waals surface area contributed by atoms with E-state index < -0.39 is 23.8 Å². The van der Waals surface area contributed by atoms with Crippen molar-refractivity contribution < 1.29 is 19.1 Å². The van der Waals surface area contributed by atoms with Crippen molar-refractivity contribution in [2.45, 2.75) is 19.4 Å². The fourth-order valence-electron chi connectivity index (χ4n) is 0.812. The van der Waals surface area contributed by atoms with Gasteiger partial charge in [-0.25, -0.2) is 0 Å². The lowest BCUT2D eigenvalue weighted by Gasteiger charge is -2.09. The van der Waals surface area contributed by atoms with Crippen molar-refractivity contribution >= 4 is 17.8 Å². The van der Waals surface area contributed by atoms with Crippen LogP contribution in [0.15, 0.2) is 0 Å². The molecule has 0 radical (unpaired) electrons. The van der Waals surface area contributed by atoms with Crippen molar-refractivity contribution in [3.63, 3.8) is 0 Å². The number of hydrogen-bond donors (Lipinski definition) is 3. The summed E-state index contributed by atoms with van der Waals surface area (Å²) in [5.74, 6) is -1.84. The van der Waals surface area contributed by atoms with Gasteiger partial charge in [0.15, 0.2) is 0 Å². The molecule has 1 atom stereocenters. The number of hydrogen-bond acceptors (Lipinski definition) is 5. The van der Waals surface area contributed by atoms with Crippen molar-refractivity contribution in [1.82, 2.24) is 5.32 Å². The van der Waals surface area contributed by atoms with Crippen LogP contribution >= 0.6 is 0 Å². The lowest BCUT2D eigenvalue weighted by atomic mass is 10.2. The van der Waals surface area contributed by atoms with Crippen molar-refractivity contribution in [1.29, 1.82) is 0 Å². The molecule has 0 heterocycles. The highest BCUT2D eigenvalue weighted by molar-refractivity contribution is 5.89. The maximum absolute atomic E-state index is 11.1. The molecule has 0 spiro atoms. The molecule has 2 amide bonds. The molecule has 0 aromatic heterocycles. The summed E-state index contributed by atoms with van der Waals surface area (Å²) in [4.78, 5) is 32.4. The van der Waals surface area contributed by atoms with Crippen LogP contribution in [0.2, 0.25) is 0 Å². The Morgan fingerprint density at radius 1 is 1.40 bits per heavy atom. The normalized spacial score (nSPS) is 11.6. The first kappa shape index (κ1) is 13.4. The van der Waals surface area contributed by atoms with Crippen LogP contribution in [0, 0.1) is 0 Å². The first-order chi connectivity index (χ1) is 6.97. The van der Waals surface area contributed by atoms with Gasteiger partial charge in [0.05, 0.1) is 19.1 Å². The Kier molecular flexibility index (Phi) is 6.03. The molecule has 15 heavy (non-hydrogen) atoms. The highest BCUT2D eigenvalue weighted by atomic mass is 16.5.